The van der Waals surface area contributed by atoms with E-state index in [9.17, 15) is 19.2 Å². The van der Waals surface area contributed by atoms with E-state index in [1.54, 1.807) is 0 Å². The highest BCUT2D eigenvalue weighted by Crippen LogP contribution is 2.33. The van der Waals surface area contributed by atoms with E-state index in [0.717, 1.165) is 50.7 Å². The van der Waals surface area contributed by atoms with Crippen LogP contribution in [0.4, 0.5) is 10.5 Å². The molecule has 2 saturated heterocycles. The number of thioether (sulfide) groups is 1. The van der Waals surface area contributed by atoms with Gasteiger partial charge in [-0.15, -0.1) is 0 Å². The first-order chi connectivity index (χ1) is 15.0. The molecule has 0 bridgehead atoms. The fraction of sp³-hybridized carbons (Fsp3) is 0.714. The number of ether oxygens (including phenoxy) is 1. The summed E-state index contributed by atoms with van der Waals surface area (Å²) in [6.07, 6.45) is 7.21. The van der Waals surface area contributed by atoms with Crippen molar-refractivity contribution in [3.05, 3.63) is 20.4 Å². The molecule has 2 aliphatic rings. The van der Waals surface area contributed by atoms with E-state index in [0.29, 0.717) is 24.8 Å². The third kappa shape index (κ3) is 6.15. The van der Waals surface area contributed by atoms with E-state index in [-0.39, 0.29) is 35.5 Å². The number of hydrogen-bond donors (Lipinski definition) is 4. The molecule has 2 aliphatic heterocycles. The van der Waals surface area contributed by atoms with Crippen LogP contribution in [-0.2, 0) is 4.79 Å². The van der Waals surface area contributed by atoms with Gasteiger partial charge in [-0.05, 0) is 25.7 Å². The minimum absolute atomic E-state index is 0.0569. The molecule has 1 aromatic carbocycles. The Bertz CT molecular complexity index is 838. The second-order valence-electron chi connectivity index (χ2n) is 8.13. The number of rotatable bonds is 14. The molecular weight excluding hydrogens is 420 g/mol. The summed E-state index contributed by atoms with van der Waals surface area (Å²) in [7, 11) is 1.38. The van der Waals surface area contributed by atoms with Crippen LogP contribution >= 0.6 is 11.8 Å². The third-order valence-electron chi connectivity index (χ3n) is 5.88. The summed E-state index contributed by atoms with van der Waals surface area (Å²) in [4.78, 5) is 46.0. The topological polar surface area (TPSA) is 126 Å². The zero-order chi connectivity index (χ0) is 22.2. The highest BCUT2D eigenvalue weighted by molar-refractivity contribution is 8.00. The fourth-order valence-corrected chi connectivity index (χ4v) is 5.68. The minimum Gasteiger partial charge on any atom is -0.491 e. The Morgan fingerprint density at radius 1 is 1.03 bits per heavy atom. The first kappa shape index (κ1) is 23.4. The first-order valence-corrected chi connectivity index (χ1v) is 12.1. The number of fused-ring (bicyclic) bond motifs is 1. The lowest BCUT2D eigenvalue weighted by Crippen LogP contribution is -2.36. The molecule has 2 fully saturated rings. The Labute approximate surface area is 186 Å². The molecule has 3 rings (SSSR count). The number of carbonyl (C=O) groups excluding carboxylic acids is 2. The van der Waals surface area contributed by atoms with Crippen molar-refractivity contribution >= 4 is 29.4 Å². The van der Waals surface area contributed by atoms with Crippen molar-refractivity contribution < 1.29 is 14.3 Å². The highest BCUT2D eigenvalue weighted by Gasteiger charge is 2.42. The van der Waals surface area contributed by atoms with Crippen LogP contribution in [0, 0.1) is 0 Å². The zero-order valence-corrected chi connectivity index (χ0v) is 18.8. The number of nitrogens with one attached hydrogen (secondary N) is 4. The Morgan fingerprint density at radius 2 is 1.81 bits per heavy atom. The zero-order valence-electron chi connectivity index (χ0n) is 18.0. The summed E-state index contributed by atoms with van der Waals surface area (Å²) in [5, 5.41) is 12.3. The molecule has 172 valence electrons. The largest absolute Gasteiger partial charge is 0.491 e. The highest BCUT2D eigenvalue weighted by atomic mass is 32.2. The minimum atomic E-state index is -0.564. The van der Waals surface area contributed by atoms with E-state index in [1.165, 1.54) is 7.11 Å². The number of hydrogen-bond acceptors (Lipinski definition) is 7. The average molecular weight is 453 g/mol. The standard InChI is InChI=1S/C21H32N4O5S/c1-30-20-17(18(27)19(20)28)23-11-7-3-2-6-10-22-15(26)9-5-4-8-14-16-13(12-31-14)24-21(29)25-16/h13-14,16,23H,2-12H2,1H3,(H,22,26)(H2,24,25,29)/t13-,14-,16-/m1/s1. The molecule has 3 amide bonds. The molecule has 0 aromatic heterocycles. The summed E-state index contributed by atoms with van der Waals surface area (Å²) >= 11 is 1.90. The van der Waals surface area contributed by atoms with Crippen LogP contribution < -0.4 is 36.9 Å². The number of amides is 3. The smallest absolute Gasteiger partial charge is 0.315 e. The predicted molar refractivity (Wildman–Crippen MR) is 122 cm³/mol. The molecular formula is C21H32N4O5S. The van der Waals surface area contributed by atoms with E-state index >= 15 is 0 Å². The molecule has 0 saturated carbocycles. The monoisotopic (exact) mass is 452 g/mol. The van der Waals surface area contributed by atoms with Gasteiger partial charge in [-0.3, -0.25) is 14.4 Å². The first-order valence-electron chi connectivity index (χ1n) is 11.1. The van der Waals surface area contributed by atoms with E-state index < -0.39 is 10.9 Å². The Balaban J connectivity index is 1.14. The third-order valence-corrected chi connectivity index (χ3v) is 7.39. The molecule has 0 spiro atoms. The van der Waals surface area contributed by atoms with Gasteiger partial charge in [0.25, 0.3) is 10.9 Å². The number of unbranched alkanes of at least 4 members (excludes halogenated alkanes) is 4. The number of carbonyl (C=O) groups is 2. The van der Waals surface area contributed by atoms with Crippen molar-refractivity contribution in [3.8, 4) is 5.75 Å². The van der Waals surface area contributed by atoms with Gasteiger partial charge in [-0.1, -0.05) is 19.3 Å². The molecule has 3 atom stereocenters. The summed E-state index contributed by atoms with van der Waals surface area (Å²) in [6.45, 7) is 1.30. The van der Waals surface area contributed by atoms with E-state index in [4.69, 9.17) is 4.74 Å². The molecule has 31 heavy (non-hydrogen) atoms. The molecule has 10 heteroatoms. The van der Waals surface area contributed by atoms with Gasteiger partial charge in [-0.2, -0.15) is 11.8 Å². The maximum absolute atomic E-state index is 12.0. The van der Waals surface area contributed by atoms with Crippen molar-refractivity contribution in [2.45, 2.75) is 68.7 Å². The summed E-state index contributed by atoms with van der Waals surface area (Å²) in [5.41, 5.74) is -0.782. The van der Waals surface area contributed by atoms with Gasteiger partial charge in [0.05, 0.1) is 19.2 Å². The van der Waals surface area contributed by atoms with Crippen LogP contribution in [0.25, 0.3) is 0 Å². The summed E-state index contributed by atoms with van der Waals surface area (Å²) < 4.78 is 4.88. The molecule has 0 aliphatic carbocycles. The van der Waals surface area contributed by atoms with Crippen LogP contribution in [0.15, 0.2) is 9.59 Å². The molecule has 0 unspecified atom stereocenters. The van der Waals surface area contributed by atoms with Crippen molar-refractivity contribution in [2.75, 3.05) is 31.3 Å². The summed E-state index contributed by atoms with van der Waals surface area (Å²) in [5.74, 6) is 1.19. The van der Waals surface area contributed by atoms with Crippen molar-refractivity contribution in [1.82, 2.24) is 16.0 Å². The van der Waals surface area contributed by atoms with Crippen LogP contribution in [-0.4, -0.2) is 55.2 Å². The van der Waals surface area contributed by atoms with Crippen LogP contribution in [0.5, 0.6) is 5.75 Å². The van der Waals surface area contributed by atoms with Crippen LogP contribution in [0.3, 0.4) is 0 Å². The molecule has 0 radical (unpaired) electrons. The lowest BCUT2D eigenvalue weighted by atomic mass is 10.0. The van der Waals surface area contributed by atoms with Gasteiger partial charge in [0.1, 0.15) is 5.69 Å². The van der Waals surface area contributed by atoms with Crippen LogP contribution in [0.2, 0.25) is 0 Å². The molecule has 2 heterocycles. The van der Waals surface area contributed by atoms with E-state index in [2.05, 4.69) is 21.3 Å². The second kappa shape index (κ2) is 11.4. The fourth-order valence-electron chi connectivity index (χ4n) is 4.13. The predicted octanol–water partition coefficient (Wildman–Crippen LogP) is 1.11. The quantitative estimate of drug-likeness (QED) is 0.189. The maximum atomic E-state index is 12.0. The van der Waals surface area contributed by atoms with Crippen molar-refractivity contribution in [3.63, 3.8) is 0 Å². The van der Waals surface area contributed by atoms with Gasteiger partial charge in [-0.25, -0.2) is 4.79 Å². The number of urea groups is 1. The van der Waals surface area contributed by atoms with Gasteiger partial charge >= 0.3 is 6.03 Å². The number of methoxy groups -OCH3 is 1. The van der Waals surface area contributed by atoms with Crippen molar-refractivity contribution in [2.24, 2.45) is 0 Å². The summed E-state index contributed by atoms with van der Waals surface area (Å²) in [6, 6.07) is 0.432. The average Bonchev–Trinajstić information content (AvgIpc) is 3.31. The van der Waals surface area contributed by atoms with Gasteiger partial charge in [0.15, 0.2) is 5.75 Å². The molecule has 1 aromatic rings. The van der Waals surface area contributed by atoms with Crippen LogP contribution in [0.1, 0.15) is 51.4 Å². The Morgan fingerprint density at radius 3 is 2.58 bits per heavy atom. The SMILES string of the molecule is COc1c(NCCCCCCNC(=O)CCCC[C@H]2SC[C@H]3NC(=O)N[C@H]32)c(=O)c1=O. The molecule has 9 nitrogen and oxygen atoms in total. The van der Waals surface area contributed by atoms with Gasteiger partial charge < -0.3 is 26.0 Å². The lowest BCUT2D eigenvalue weighted by molar-refractivity contribution is -0.121. The Hall–Kier alpha value is -2.23. The second-order valence-corrected chi connectivity index (χ2v) is 9.40. The maximum Gasteiger partial charge on any atom is 0.315 e. The lowest BCUT2D eigenvalue weighted by Gasteiger charge is -2.16. The van der Waals surface area contributed by atoms with Crippen molar-refractivity contribution in [1.29, 1.82) is 0 Å². The number of anilines is 1. The van der Waals surface area contributed by atoms with Gasteiger partial charge in [0.2, 0.25) is 5.91 Å². The molecule has 4 N–H and O–H groups in total. The van der Waals surface area contributed by atoms with E-state index in [1.807, 2.05) is 11.8 Å². The van der Waals surface area contributed by atoms with Gasteiger partial charge in [0, 0.05) is 30.5 Å². The normalized spacial score (nSPS) is 22.1. The Kier molecular flexibility index (Phi) is 8.62.